The lowest BCUT2D eigenvalue weighted by molar-refractivity contribution is 0.0836. The highest BCUT2D eigenvalue weighted by atomic mass is 31.0. The second-order valence-electron chi connectivity index (χ2n) is 6.38. The van der Waals surface area contributed by atoms with E-state index in [-0.39, 0.29) is 11.5 Å². The first-order chi connectivity index (χ1) is 10.1. The standard InChI is InChI=1S/C17H19N2OP/c1-17-9-11-10-18-19(13-3-5-14(21)6-4-13)15(11)8-12(17)2-7-16(17)20/h3-6,8,10,16,20H,2,7,9,21H2,1H3. The van der Waals surface area contributed by atoms with Crippen LogP contribution in [0.3, 0.4) is 0 Å². The van der Waals surface area contributed by atoms with Gasteiger partial charge in [0.25, 0.3) is 0 Å². The van der Waals surface area contributed by atoms with E-state index in [0.717, 1.165) is 24.9 Å². The number of benzene rings is 1. The Hall–Kier alpha value is -1.44. The minimum absolute atomic E-state index is 0.0925. The molecule has 3 unspecified atom stereocenters. The Balaban J connectivity index is 1.82. The number of aliphatic hydroxyl groups is 1. The number of fused-ring (bicyclic) bond motifs is 2. The van der Waals surface area contributed by atoms with Crippen molar-refractivity contribution in [2.75, 3.05) is 0 Å². The van der Waals surface area contributed by atoms with Crippen molar-refractivity contribution in [3.63, 3.8) is 0 Å². The summed E-state index contributed by atoms with van der Waals surface area (Å²) in [5.74, 6) is 0. The number of aliphatic hydroxyl groups excluding tert-OH is 1. The average Bonchev–Trinajstić information content (AvgIpc) is 2.99. The Labute approximate surface area is 126 Å². The predicted molar refractivity (Wildman–Crippen MR) is 87.9 cm³/mol. The Bertz CT molecular complexity index is 732. The number of rotatable bonds is 1. The Morgan fingerprint density at radius 2 is 2.10 bits per heavy atom. The highest BCUT2D eigenvalue weighted by Crippen LogP contribution is 2.49. The lowest BCUT2D eigenvalue weighted by Gasteiger charge is -2.33. The lowest BCUT2D eigenvalue weighted by Crippen LogP contribution is -2.32. The summed E-state index contributed by atoms with van der Waals surface area (Å²) in [6.45, 7) is 2.18. The summed E-state index contributed by atoms with van der Waals surface area (Å²) in [5, 5.41) is 16.0. The van der Waals surface area contributed by atoms with E-state index < -0.39 is 0 Å². The summed E-state index contributed by atoms with van der Waals surface area (Å²) in [4.78, 5) is 0. The molecule has 1 aromatic carbocycles. The Kier molecular flexibility index (Phi) is 2.85. The molecule has 4 heteroatoms. The van der Waals surface area contributed by atoms with Gasteiger partial charge in [-0.25, -0.2) is 4.68 Å². The molecular formula is C17H19N2OP. The van der Waals surface area contributed by atoms with E-state index in [2.05, 4.69) is 51.6 Å². The first kappa shape index (κ1) is 13.2. The third-order valence-corrected chi connectivity index (χ3v) is 5.43. The maximum atomic E-state index is 10.3. The average molecular weight is 298 g/mol. The van der Waals surface area contributed by atoms with Crippen molar-refractivity contribution in [2.24, 2.45) is 5.41 Å². The highest BCUT2D eigenvalue weighted by Gasteiger charge is 2.44. The maximum absolute atomic E-state index is 10.3. The summed E-state index contributed by atoms with van der Waals surface area (Å²) in [6.07, 6.45) is 6.73. The molecule has 1 saturated carbocycles. The molecule has 0 aliphatic heterocycles. The van der Waals surface area contributed by atoms with Gasteiger partial charge in [0, 0.05) is 5.41 Å². The summed E-state index contributed by atoms with van der Waals surface area (Å²) < 4.78 is 2.01. The number of aromatic nitrogens is 2. The van der Waals surface area contributed by atoms with Crippen LogP contribution in [0.25, 0.3) is 11.8 Å². The molecule has 4 rings (SSSR count). The van der Waals surface area contributed by atoms with Gasteiger partial charge in [0.2, 0.25) is 0 Å². The van der Waals surface area contributed by atoms with E-state index in [1.165, 1.54) is 22.1 Å². The topological polar surface area (TPSA) is 38.0 Å². The predicted octanol–water partition coefficient (Wildman–Crippen LogP) is 2.47. The minimum Gasteiger partial charge on any atom is -0.392 e. The molecule has 1 fully saturated rings. The molecule has 0 bridgehead atoms. The van der Waals surface area contributed by atoms with Gasteiger partial charge in [-0.05, 0) is 48.3 Å². The summed E-state index contributed by atoms with van der Waals surface area (Å²) in [6, 6.07) is 8.33. The maximum Gasteiger partial charge on any atom is 0.0700 e. The van der Waals surface area contributed by atoms with Gasteiger partial charge in [0.05, 0.1) is 23.7 Å². The largest absolute Gasteiger partial charge is 0.392 e. The lowest BCUT2D eigenvalue weighted by atomic mass is 9.74. The van der Waals surface area contributed by atoms with E-state index in [0.29, 0.717) is 0 Å². The molecule has 1 N–H and O–H groups in total. The van der Waals surface area contributed by atoms with E-state index in [9.17, 15) is 5.11 Å². The zero-order valence-corrected chi connectivity index (χ0v) is 13.2. The molecule has 1 heterocycles. The molecule has 1 aromatic heterocycles. The number of hydrogen-bond donors (Lipinski definition) is 1. The zero-order valence-electron chi connectivity index (χ0n) is 12.1. The van der Waals surface area contributed by atoms with Crippen molar-refractivity contribution in [2.45, 2.75) is 32.3 Å². The Morgan fingerprint density at radius 3 is 2.86 bits per heavy atom. The molecule has 2 aliphatic carbocycles. The van der Waals surface area contributed by atoms with Crippen LogP contribution in [0.15, 0.2) is 36.0 Å². The van der Waals surface area contributed by atoms with Gasteiger partial charge in [-0.15, -0.1) is 9.24 Å². The molecule has 0 radical (unpaired) electrons. The van der Waals surface area contributed by atoms with Crippen LogP contribution in [0.1, 0.15) is 31.0 Å². The smallest absolute Gasteiger partial charge is 0.0700 e. The van der Waals surface area contributed by atoms with Crippen molar-refractivity contribution >= 4 is 20.6 Å². The third-order valence-electron chi connectivity index (χ3n) is 5.05. The molecule has 108 valence electrons. The van der Waals surface area contributed by atoms with Gasteiger partial charge in [0.1, 0.15) is 0 Å². The van der Waals surface area contributed by atoms with E-state index >= 15 is 0 Å². The van der Waals surface area contributed by atoms with Gasteiger partial charge in [0.15, 0.2) is 0 Å². The van der Waals surface area contributed by atoms with Crippen LogP contribution >= 0.6 is 9.24 Å². The normalized spacial score (nSPS) is 27.2. The fourth-order valence-electron chi connectivity index (χ4n) is 3.64. The van der Waals surface area contributed by atoms with Crippen molar-refractivity contribution in [3.8, 4) is 5.69 Å². The van der Waals surface area contributed by atoms with Crippen molar-refractivity contribution in [1.82, 2.24) is 9.78 Å². The van der Waals surface area contributed by atoms with Crippen molar-refractivity contribution in [3.05, 3.63) is 47.3 Å². The second-order valence-corrected chi connectivity index (χ2v) is 7.04. The SMILES string of the molecule is CC12Cc3cnn(-c4ccc(P)cc4)c3C=C1CCC2O. The number of hydrogen-bond acceptors (Lipinski definition) is 2. The first-order valence-electron chi connectivity index (χ1n) is 7.40. The van der Waals surface area contributed by atoms with Crippen molar-refractivity contribution in [1.29, 1.82) is 0 Å². The van der Waals surface area contributed by atoms with Crippen LogP contribution < -0.4 is 5.30 Å². The van der Waals surface area contributed by atoms with Crippen LogP contribution in [-0.4, -0.2) is 21.0 Å². The number of nitrogens with zero attached hydrogens (tertiary/aromatic N) is 2. The minimum atomic E-state index is -0.225. The van der Waals surface area contributed by atoms with Crippen LogP contribution in [0.4, 0.5) is 0 Å². The summed E-state index contributed by atoms with van der Waals surface area (Å²) in [7, 11) is 2.70. The van der Waals surface area contributed by atoms with Crippen LogP contribution in [0, 0.1) is 5.41 Å². The van der Waals surface area contributed by atoms with E-state index in [1.54, 1.807) is 0 Å². The second kappa shape index (κ2) is 4.53. The molecule has 2 aromatic rings. The third kappa shape index (κ3) is 1.91. The summed E-state index contributed by atoms with van der Waals surface area (Å²) >= 11 is 0. The zero-order chi connectivity index (χ0) is 14.6. The molecule has 0 spiro atoms. The molecule has 3 nitrogen and oxygen atoms in total. The van der Waals surface area contributed by atoms with Gasteiger partial charge in [-0.2, -0.15) is 5.10 Å². The monoisotopic (exact) mass is 298 g/mol. The van der Waals surface area contributed by atoms with Gasteiger partial charge >= 0.3 is 0 Å². The van der Waals surface area contributed by atoms with E-state index in [4.69, 9.17) is 0 Å². The van der Waals surface area contributed by atoms with Gasteiger partial charge in [-0.1, -0.05) is 24.6 Å². The highest BCUT2D eigenvalue weighted by molar-refractivity contribution is 7.27. The molecule has 0 amide bonds. The quantitative estimate of drug-likeness (QED) is 0.821. The Morgan fingerprint density at radius 1 is 1.33 bits per heavy atom. The van der Waals surface area contributed by atoms with Gasteiger partial charge in [-0.3, -0.25) is 0 Å². The van der Waals surface area contributed by atoms with Gasteiger partial charge < -0.3 is 5.11 Å². The summed E-state index contributed by atoms with van der Waals surface area (Å²) in [5.41, 5.74) is 4.77. The first-order valence-corrected chi connectivity index (χ1v) is 7.97. The molecule has 0 saturated heterocycles. The van der Waals surface area contributed by atoms with Crippen LogP contribution in [-0.2, 0) is 6.42 Å². The molecule has 21 heavy (non-hydrogen) atoms. The molecular weight excluding hydrogens is 279 g/mol. The van der Waals surface area contributed by atoms with Crippen molar-refractivity contribution < 1.29 is 5.11 Å². The fraction of sp³-hybridized carbons (Fsp3) is 0.353. The van der Waals surface area contributed by atoms with Crippen LogP contribution in [0.2, 0.25) is 0 Å². The van der Waals surface area contributed by atoms with E-state index in [1.807, 2.05) is 10.9 Å². The molecule has 3 atom stereocenters. The molecule has 2 aliphatic rings. The van der Waals surface area contributed by atoms with Crippen LogP contribution in [0.5, 0.6) is 0 Å². The fourth-order valence-corrected chi connectivity index (χ4v) is 3.83.